The van der Waals surface area contributed by atoms with Crippen LogP contribution in [-0.2, 0) is 14.8 Å². The molecule has 11 heteroatoms. The second-order valence-corrected chi connectivity index (χ2v) is 5.63. The number of aryl methyl sites for hydroxylation is 1. The molecule has 0 saturated heterocycles. The number of carbonyl (C=O) groups excluding carboxylic acids is 1. The van der Waals surface area contributed by atoms with E-state index < -0.39 is 37.4 Å². The van der Waals surface area contributed by atoms with E-state index in [2.05, 4.69) is 9.46 Å². The third-order valence-corrected chi connectivity index (χ3v) is 3.97. The Hall–Kier alpha value is -2.27. The average Bonchev–Trinajstić information content (AvgIpc) is 2.33. The molecule has 0 bridgehead atoms. The number of nitro benzene ring substituents is 1. The summed E-state index contributed by atoms with van der Waals surface area (Å²) in [5, 5.41) is 10.6. The summed E-state index contributed by atoms with van der Waals surface area (Å²) in [6.07, 6.45) is -1.07. The molecule has 0 fully saturated rings. The second kappa shape index (κ2) is 6.45. The number of sulfonamides is 1. The van der Waals surface area contributed by atoms with E-state index in [4.69, 9.17) is 5.73 Å². The van der Waals surface area contributed by atoms with Crippen molar-refractivity contribution >= 4 is 21.8 Å². The van der Waals surface area contributed by atoms with Crippen LogP contribution < -0.4 is 10.5 Å². The molecule has 116 valence electrons. The molecule has 0 radical (unpaired) electrons. The van der Waals surface area contributed by atoms with Gasteiger partial charge < -0.3 is 10.5 Å². The Kier molecular flexibility index (Phi) is 5.16. The standard InChI is InChI=1S/C10H12FN3O6S/c1-6-4-7(11)8(14(16)17)5-9(6)21(18,19)13-2-3-20-10(12)15/h4-5,13H,2-3H2,1H3,(H2,12,15). The Bertz CT molecular complexity index is 676. The number of rotatable bonds is 6. The van der Waals surface area contributed by atoms with Gasteiger partial charge in [0.25, 0.3) is 0 Å². The smallest absolute Gasteiger partial charge is 0.404 e. The van der Waals surface area contributed by atoms with E-state index in [1.54, 1.807) is 0 Å². The minimum atomic E-state index is -4.11. The Balaban J connectivity index is 3.00. The Morgan fingerprint density at radius 1 is 1.52 bits per heavy atom. The normalized spacial score (nSPS) is 11.1. The van der Waals surface area contributed by atoms with Crippen LogP contribution in [0.1, 0.15) is 5.56 Å². The predicted octanol–water partition coefficient (Wildman–Crippen LogP) is 0.416. The van der Waals surface area contributed by atoms with Gasteiger partial charge in [-0.15, -0.1) is 0 Å². The first kappa shape index (κ1) is 16.8. The molecule has 0 spiro atoms. The summed E-state index contributed by atoms with van der Waals surface area (Å²) in [6.45, 7) is 0.702. The van der Waals surface area contributed by atoms with Crippen LogP contribution in [0.15, 0.2) is 17.0 Å². The van der Waals surface area contributed by atoms with E-state index in [9.17, 15) is 27.7 Å². The van der Waals surface area contributed by atoms with E-state index in [1.807, 2.05) is 0 Å². The second-order valence-electron chi connectivity index (χ2n) is 3.89. The lowest BCUT2D eigenvalue weighted by Gasteiger charge is -2.09. The number of ether oxygens (including phenoxy) is 1. The van der Waals surface area contributed by atoms with Crippen LogP contribution in [0.5, 0.6) is 0 Å². The van der Waals surface area contributed by atoms with Gasteiger partial charge in [0.05, 0.1) is 9.82 Å². The SMILES string of the molecule is Cc1cc(F)c([N+](=O)[O-])cc1S(=O)(=O)NCCOC(N)=O. The number of nitrogens with two attached hydrogens (primary N) is 1. The highest BCUT2D eigenvalue weighted by atomic mass is 32.2. The molecule has 21 heavy (non-hydrogen) atoms. The molecule has 1 aromatic rings. The minimum absolute atomic E-state index is 0.00131. The highest BCUT2D eigenvalue weighted by molar-refractivity contribution is 7.89. The number of hydrogen-bond donors (Lipinski definition) is 2. The molecular formula is C10H12FN3O6S. The summed E-state index contributed by atoms with van der Waals surface area (Å²) in [6, 6.07) is 1.38. The average molecular weight is 321 g/mol. The molecular weight excluding hydrogens is 309 g/mol. The lowest BCUT2D eigenvalue weighted by molar-refractivity contribution is -0.387. The number of amides is 1. The van der Waals surface area contributed by atoms with Crippen molar-refractivity contribution in [2.75, 3.05) is 13.2 Å². The predicted molar refractivity (Wildman–Crippen MR) is 68.5 cm³/mol. The number of hydrogen-bond acceptors (Lipinski definition) is 6. The van der Waals surface area contributed by atoms with E-state index in [0.717, 1.165) is 6.07 Å². The highest BCUT2D eigenvalue weighted by Crippen LogP contribution is 2.25. The molecule has 0 heterocycles. The van der Waals surface area contributed by atoms with Gasteiger partial charge in [0.1, 0.15) is 6.61 Å². The summed E-state index contributed by atoms with van der Waals surface area (Å²) < 4.78 is 43.6. The summed E-state index contributed by atoms with van der Waals surface area (Å²) in [7, 11) is -4.11. The van der Waals surface area contributed by atoms with E-state index in [-0.39, 0.29) is 18.7 Å². The van der Waals surface area contributed by atoms with E-state index in [0.29, 0.717) is 6.07 Å². The van der Waals surface area contributed by atoms with Crippen LogP contribution in [-0.4, -0.2) is 32.6 Å². The lowest BCUT2D eigenvalue weighted by Crippen LogP contribution is -2.29. The van der Waals surface area contributed by atoms with Gasteiger partial charge in [-0.3, -0.25) is 10.1 Å². The fraction of sp³-hybridized carbons (Fsp3) is 0.300. The summed E-state index contributed by atoms with van der Waals surface area (Å²) in [5.41, 5.74) is 3.74. The number of nitro groups is 1. The van der Waals surface area contributed by atoms with Crippen LogP contribution in [0, 0.1) is 22.9 Å². The van der Waals surface area contributed by atoms with Gasteiger partial charge in [-0.1, -0.05) is 0 Å². The van der Waals surface area contributed by atoms with Crippen LogP contribution >= 0.6 is 0 Å². The largest absolute Gasteiger partial charge is 0.448 e. The summed E-state index contributed by atoms with van der Waals surface area (Å²) in [5.74, 6) is -1.13. The van der Waals surface area contributed by atoms with Gasteiger partial charge in [-0.25, -0.2) is 17.9 Å². The number of benzene rings is 1. The molecule has 1 rings (SSSR count). The molecule has 0 saturated carbocycles. The van der Waals surface area contributed by atoms with Crippen molar-refractivity contribution in [2.24, 2.45) is 5.73 Å². The number of primary amides is 1. The fourth-order valence-electron chi connectivity index (χ4n) is 1.48. The van der Waals surface area contributed by atoms with Crippen molar-refractivity contribution in [3.8, 4) is 0 Å². The van der Waals surface area contributed by atoms with Crippen LogP contribution in [0.4, 0.5) is 14.9 Å². The third-order valence-electron chi connectivity index (χ3n) is 2.37. The third kappa shape index (κ3) is 4.36. The van der Waals surface area contributed by atoms with Gasteiger partial charge in [-0.2, -0.15) is 4.39 Å². The first-order chi connectivity index (χ1) is 9.65. The van der Waals surface area contributed by atoms with Crippen LogP contribution in [0.3, 0.4) is 0 Å². The molecule has 0 aromatic heterocycles. The van der Waals surface area contributed by atoms with Crippen molar-refractivity contribution < 1.29 is 27.3 Å². The Morgan fingerprint density at radius 2 is 2.14 bits per heavy atom. The summed E-state index contributed by atoms with van der Waals surface area (Å²) in [4.78, 5) is 19.5. The number of carbonyl (C=O) groups is 1. The van der Waals surface area contributed by atoms with Crippen LogP contribution in [0.2, 0.25) is 0 Å². The molecule has 0 aliphatic carbocycles. The zero-order chi connectivity index (χ0) is 16.2. The van der Waals surface area contributed by atoms with Crippen molar-refractivity contribution in [3.63, 3.8) is 0 Å². The molecule has 1 aromatic carbocycles. The monoisotopic (exact) mass is 321 g/mol. The van der Waals surface area contributed by atoms with Gasteiger partial charge in [-0.05, 0) is 18.6 Å². The Morgan fingerprint density at radius 3 is 2.67 bits per heavy atom. The highest BCUT2D eigenvalue weighted by Gasteiger charge is 2.24. The first-order valence-electron chi connectivity index (χ1n) is 5.51. The van der Waals surface area contributed by atoms with Crippen LogP contribution in [0.25, 0.3) is 0 Å². The maximum absolute atomic E-state index is 13.3. The molecule has 0 aliphatic rings. The van der Waals surface area contributed by atoms with Crippen molar-refractivity contribution in [1.82, 2.24) is 4.72 Å². The van der Waals surface area contributed by atoms with Crippen molar-refractivity contribution in [2.45, 2.75) is 11.8 Å². The van der Waals surface area contributed by atoms with E-state index in [1.165, 1.54) is 6.92 Å². The lowest BCUT2D eigenvalue weighted by atomic mass is 10.2. The van der Waals surface area contributed by atoms with Gasteiger partial charge in [0, 0.05) is 12.6 Å². The zero-order valence-corrected chi connectivity index (χ0v) is 11.6. The fourth-order valence-corrected chi connectivity index (χ4v) is 2.73. The molecule has 0 aliphatic heterocycles. The molecule has 0 unspecified atom stereocenters. The Labute approximate surface area is 119 Å². The van der Waals surface area contributed by atoms with Gasteiger partial charge in [0.15, 0.2) is 0 Å². The van der Waals surface area contributed by atoms with Gasteiger partial charge in [0.2, 0.25) is 15.8 Å². The first-order valence-corrected chi connectivity index (χ1v) is 7.00. The number of halogens is 1. The minimum Gasteiger partial charge on any atom is -0.448 e. The number of nitrogens with one attached hydrogen (secondary N) is 1. The molecule has 9 nitrogen and oxygen atoms in total. The topological polar surface area (TPSA) is 142 Å². The van der Waals surface area contributed by atoms with E-state index >= 15 is 0 Å². The maximum atomic E-state index is 13.3. The number of nitrogens with zero attached hydrogens (tertiary/aromatic N) is 1. The zero-order valence-electron chi connectivity index (χ0n) is 10.8. The molecule has 1 amide bonds. The summed E-state index contributed by atoms with van der Waals surface area (Å²) >= 11 is 0. The van der Waals surface area contributed by atoms with Gasteiger partial charge >= 0.3 is 11.8 Å². The van der Waals surface area contributed by atoms with Crippen molar-refractivity contribution in [3.05, 3.63) is 33.6 Å². The molecule has 3 N–H and O–H groups in total. The molecule has 0 atom stereocenters. The quantitative estimate of drug-likeness (QED) is 0.441. The maximum Gasteiger partial charge on any atom is 0.404 e. The van der Waals surface area contributed by atoms with Crippen molar-refractivity contribution in [1.29, 1.82) is 0 Å².